The summed E-state index contributed by atoms with van der Waals surface area (Å²) in [5.41, 5.74) is 1.38. The Hall–Kier alpha value is -2.05. The third kappa shape index (κ3) is 5.45. The molecule has 1 aromatic rings. The Balaban J connectivity index is 2.84. The fourth-order valence-electron chi connectivity index (χ4n) is 1.85. The van der Waals surface area contributed by atoms with E-state index in [1.54, 1.807) is 31.2 Å². The average molecular weight is 303 g/mol. The molecule has 0 aliphatic heterocycles. The van der Waals surface area contributed by atoms with Crippen molar-refractivity contribution < 1.29 is 27.9 Å². The van der Waals surface area contributed by atoms with E-state index in [0.29, 0.717) is 10.5 Å². The Kier molecular flexibility index (Phi) is 5.75. The lowest BCUT2D eigenvalue weighted by Crippen LogP contribution is -2.41. The first-order chi connectivity index (χ1) is 9.71. The van der Waals surface area contributed by atoms with Crippen LogP contribution in [0.3, 0.4) is 0 Å². The monoisotopic (exact) mass is 303 g/mol. The van der Waals surface area contributed by atoms with Gasteiger partial charge in [-0.2, -0.15) is 13.2 Å². The summed E-state index contributed by atoms with van der Waals surface area (Å²) in [7, 11) is 0. The van der Waals surface area contributed by atoms with Crippen LogP contribution in [0.25, 0.3) is 0 Å². The van der Waals surface area contributed by atoms with E-state index in [4.69, 9.17) is 5.11 Å². The lowest BCUT2D eigenvalue weighted by molar-refractivity contribution is -0.186. The lowest BCUT2D eigenvalue weighted by Gasteiger charge is -2.24. The predicted octanol–water partition coefficient (Wildman–Crippen LogP) is 2.75. The second-order valence-corrected chi connectivity index (χ2v) is 4.65. The molecular formula is C14H16F3NO3. The van der Waals surface area contributed by atoms with Gasteiger partial charge in [-0.25, -0.2) is 0 Å². The Morgan fingerprint density at radius 2 is 1.86 bits per heavy atom. The van der Waals surface area contributed by atoms with E-state index in [0.717, 1.165) is 5.56 Å². The summed E-state index contributed by atoms with van der Waals surface area (Å²) < 4.78 is 37.7. The highest BCUT2D eigenvalue weighted by Gasteiger charge is 2.42. The van der Waals surface area contributed by atoms with Crippen molar-refractivity contribution in [2.75, 3.05) is 6.54 Å². The van der Waals surface area contributed by atoms with Crippen molar-refractivity contribution >= 4 is 11.9 Å². The molecule has 0 atom stereocenters. The number of aryl methyl sites for hydroxylation is 1. The number of carboxylic acids is 1. The molecule has 0 aliphatic carbocycles. The van der Waals surface area contributed by atoms with Gasteiger partial charge in [0.1, 0.15) is 0 Å². The molecule has 0 saturated heterocycles. The SMILES string of the molecule is Cc1ccccc1CN(CCCC(=O)O)C(=O)C(F)(F)F. The number of carboxylic acid groups (broad SMARTS) is 1. The van der Waals surface area contributed by atoms with Crippen LogP contribution in [0.1, 0.15) is 24.0 Å². The fraction of sp³-hybridized carbons (Fsp3) is 0.429. The minimum Gasteiger partial charge on any atom is -0.481 e. The summed E-state index contributed by atoms with van der Waals surface area (Å²) in [5.74, 6) is -3.05. The molecule has 7 heteroatoms. The molecule has 1 aromatic carbocycles. The Bertz CT molecular complexity index is 514. The van der Waals surface area contributed by atoms with Gasteiger partial charge in [0, 0.05) is 19.5 Å². The summed E-state index contributed by atoms with van der Waals surface area (Å²) in [6, 6.07) is 6.81. The number of carbonyl (C=O) groups is 2. The fourth-order valence-corrected chi connectivity index (χ4v) is 1.85. The number of hydrogen-bond acceptors (Lipinski definition) is 2. The Morgan fingerprint density at radius 1 is 1.24 bits per heavy atom. The van der Waals surface area contributed by atoms with Crippen LogP contribution in [0, 0.1) is 6.92 Å². The summed E-state index contributed by atoms with van der Waals surface area (Å²) in [4.78, 5) is 22.5. The first-order valence-electron chi connectivity index (χ1n) is 6.34. The van der Waals surface area contributed by atoms with Gasteiger partial charge in [-0.1, -0.05) is 24.3 Å². The van der Waals surface area contributed by atoms with Gasteiger partial charge >= 0.3 is 18.1 Å². The zero-order valence-electron chi connectivity index (χ0n) is 11.5. The second-order valence-electron chi connectivity index (χ2n) is 4.65. The van der Waals surface area contributed by atoms with Crippen molar-refractivity contribution in [3.05, 3.63) is 35.4 Å². The predicted molar refractivity (Wildman–Crippen MR) is 69.5 cm³/mol. The molecule has 1 rings (SSSR count). The summed E-state index contributed by atoms with van der Waals surface area (Å²) in [6.07, 6.45) is -5.27. The van der Waals surface area contributed by atoms with Crippen LogP contribution in [0.5, 0.6) is 0 Å². The van der Waals surface area contributed by atoms with Crippen LogP contribution in [0.4, 0.5) is 13.2 Å². The maximum atomic E-state index is 12.6. The quantitative estimate of drug-likeness (QED) is 0.879. The van der Waals surface area contributed by atoms with Crippen LogP contribution in [-0.4, -0.2) is 34.6 Å². The molecule has 0 heterocycles. The molecular weight excluding hydrogens is 287 g/mol. The lowest BCUT2D eigenvalue weighted by atomic mass is 10.1. The van der Waals surface area contributed by atoms with Gasteiger partial charge in [-0.05, 0) is 24.5 Å². The van der Waals surface area contributed by atoms with Crippen LogP contribution in [0.2, 0.25) is 0 Å². The van der Waals surface area contributed by atoms with Crippen LogP contribution in [0.15, 0.2) is 24.3 Å². The van der Waals surface area contributed by atoms with Gasteiger partial charge in [0.25, 0.3) is 0 Å². The van der Waals surface area contributed by atoms with Crippen molar-refractivity contribution in [3.8, 4) is 0 Å². The number of benzene rings is 1. The van der Waals surface area contributed by atoms with Gasteiger partial charge in [0.15, 0.2) is 0 Å². The van der Waals surface area contributed by atoms with E-state index in [1.807, 2.05) is 0 Å². The maximum absolute atomic E-state index is 12.6. The molecule has 0 aliphatic rings. The van der Waals surface area contributed by atoms with Crippen LogP contribution in [-0.2, 0) is 16.1 Å². The van der Waals surface area contributed by atoms with Crippen molar-refractivity contribution in [2.45, 2.75) is 32.5 Å². The molecule has 1 N–H and O–H groups in total. The van der Waals surface area contributed by atoms with Gasteiger partial charge in [0.05, 0.1) is 0 Å². The van der Waals surface area contributed by atoms with Crippen LogP contribution >= 0.6 is 0 Å². The highest BCUT2D eigenvalue weighted by atomic mass is 19.4. The third-order valence-corrected chi connectivity index (χ3v) is 2.97. The molecule has 1 amide bonds. The Morgan fingerprint density at radius 3 is 2.38 bits per heavy atom. The molecule has 0 bridgehead atoms. The van der Waals surface area contributed by atoms with Crippen LogP contribution < -0.4 is 0 Å². The van der Waals surface area contributed by atoms with Crippen molar-refractivity contribution in [3.63, 3.8) is 0 Å². The van der Waals surface area contributed by atoms with E-state index in [-0.39, 0.29) is 25.9 Å². The van der Waals surface area contributed by atoms with E-state index < -0.39 is 18.1 Å². The summed E-state index contributed by atoms with van der Waals surface area (Å²) in [5, 5.41) is 8.53. The summed E-state index contributed by atoms with van der Waals surface area (Å²) >= 11 is 0. The second kappa shape index (κ2) is 7.10. The number of nitrogens with zero attached hydrogens (tertiary/aromatic N) is 1. The van der Waals surface area contributed by atoms with Crippen molar-refractivity contribution in [1.82, 2.24) is 4.90 Å². The third-order valence-electron chi connectivity index (χ3n) is 2.97. The largest absolute Gasteiger partial charge is 0.481 e. The Labute approximate surface area is 120 Å². The standard InChI is InChI=1S/C14H16F3NO3/c1-10-5-2-3-6-11(10)9-18(8-4-7-12(19)20)13(21)14(15,16)17/h2-3,5-6H,4,7-9H2,1H3,(H,19,20). The number of amides is 1. The number of alkyl halides is 3. The molecule has 0 radical (unpaired) electrons. The molecule has 116 valence electrons. The molecule has 0 saturated carbocycles. The first-order valence-corrected chi connectivity index (χ1v) is 6.34. The number of aliphatic carboxylic acids is 1. The summed E-state index contributed by atoms with van der Waals surface area (Å²) in [6.45, 7) is 1.30. The minimum atomic E-state index is -4.97. The van der Waals surface area contributed by atoms with E-state index in [9.17, 15) is 22.8 Å². The van der Waals surface area contributed by atoms with E-state index in [1.165, 1.54) is 0 Å². The van der Waals surface area contributed by atoms with E-state index >= 15 is 0 Å². The first kappa shape index (κ1) is 17.0. The zero-order valence-corrected chi connectivity index (χ0v) is 11.5. The minimum absolute atomic E-state index is 0.0248. The van der Waals surface area contributed by atoms with Crippen molar-refractivity contribution in [2.24, 2.45) is 0 Å². The number of halogens is 3. The average Bonchev–Trinajstić information content (AvgIpc) is 2.37. The number of carbonyl (C=O) groups excluding carboxylic acids is 1. The van der Waals surface area contributed by atoms with Gasteiger partial charge < -0.3 is 10.0 Å². The van der Waals surface area contributed by atoms with E-state index in [2.05, 4.69) is 0 Å². The smallest absolute Gasteiger partial charge is 0.471 e. The maximum Gasteiger partial charge on any atom is 0.471 e. The molecule has 0 unspecified atom stereocenters. The topological polar surface area (TPSA) is 57.6 Å². The molecule has 0 fully saturated rings. The number of hydrogen-bond donors (Lipinski definition) is 1. The number of rotatable bonds is 6. The normalized spacial score (nSPS) is 11.2. The molecule has 21 heavy (non-hydrogen) atoms. The highest BCUT2D eigenvalue weighted by molar-refractivity contribution is 5.82. The van der Waals surface area contributed by atoms with Gasteiger partial charge in [-0.15, -0.1) is 0 Å². The molecule has 4 nitrogen and oxygen atoms in total. The molecule has 0 aromatic heterocycles. The molecule has 0 spiro atoms. The van der Waals surface area contributed by atoms with Gasteiger partial charge in [-0.3, -0.25) is 9.59 Å². The van der Waals surface area contributed by atoms with Gasteiger partial charge in [0.2, 0.25) is 0 Å². The highest BCUT2D eigenvalue weighted by Crippen LogP contribution is 2.21. The van der Waals surface area contributed by atoms with Crippen molar-refractivity contribution in [1.29, 1.82) is 0 Å². The zero-order chi connectivity index (χ0) is 16.0.